The van der Waals surface area contributed by atoms with E-state index in [-0.39, 0.29) is 11.0 Å². The summed E-state index contributed by atoms with van der Waals surface area (Å²) in [5.74, 6) is -0.273. The number of carbonyl (C=O) groups is 1. The minimum absolute atomic E-state index is 0.220. The van der Waals surface area contributed by atoms with E-state index < -0.39 is 0 Å². The molecule has 0 atom stereocenters. The van der Waals surface area contributed by atoms with Gasteiger partial charge in [-0.1, -0.05) is 35.0 Å². The molecule has 0 aliphatic rings. The van der Waals surface area contributed by atoms with Gasteiger partial charge in [0.2, 0.25) is 0 Å². The number of anilines is 1. The molecule has 2 N–H and O–H groups in total. The Morgan fingerprint density at radius 3 is 2.32 bits per heavy atom. The number of fused-ring (bicyclic) bond motifs is 1. The molecule has 0 bridgehead atoms. The Morgan fingerprint density at radius 2 is 1.68 bits per heavy atom. The van der Waals surface area contributed by atoms with Crippen LogP contribution in [0.2, 0.25) is 0 Å². The van der Waals surface area contributed by atoms with Crippen LogP contribution in [0.3, 0.4) is 0 Å². The monoisotopic (exact) mass is 493 g/mol. The summed E-state index contributed by atoms with van der Waals surface area (Å²) in [5.41, 5.74) is 5.92. The lowest BCUT2D eigenvalue weighted by Gasteiger charge is -2.11. The molecule has 0 aliphatic heterocycles. The Hall–Kier alpha value is -3.10. The predicted molar refractivity (Wildman–Crippen MR) is 131 cm³/mol. The summed E-state index contributed by atoms with van der Waals surface area (Å²) in [6, 6.07) is 19.1. The molecule has 0 radical (unpaired) electrons. The summed E-state index contributed by atoms with van der Waals surface area (Å²) in [6.45, 7) is 4.08. The quantitative estimate of drug-likeness (QED) is 0.383. The number of aryl methyl sites for hydroxylation is 2. The highest BCUT2D eigenvalue weighted by molar-refractivity contribution is 9.10. The lowest BCUT2D eigenvalue weighted by molar-refractivity contribution is 0.0977. The van der Waals surface area contributed by atoms with E-state index in [0.717, 1.165) is 38.9 Å². The van der Waals surface area contributed by atoms with Gasteiger partial charge in [-0.05, 0) is 85.2 Å². The summed E-state index contributed by atoms with van der Waals surface area (Å²) in [5, 5.41) is 15.2. The summed E-state index contributed by atoms with van der Waals surface area (Å²) >= 11 is 8.69. The second-order valence-electron chi connectivity index (χ2n) is 7.08. The van der Waals surface area contributed by atoms with Crippen molar-refractivity contribution in [3.63, 3.8) is 0 Å². The summed E-state index contributed by atoms with van der Waals surface area (Å²) in [6.07, 6.45) is 0.987. The summed E-state index contributed by atoms with van der Waals surface area (Å²) in [7, 11) is 0. The second kappa shape index (κ2) is 8.95. The van der Waals surface area contributed by atoms with Gasteiger partial charge in [-0.25, -0.2) is 0 Å². The highest BCUT2D eigenvalue weighted by atomic mass is 79.9. The maximum Gasteiger partial charge on any atom is 0.257 e. The Balaban J connectivity index is 1.52. The molecule has 156 valence electrons. The second-order valence-corrected chi connectivity index (χ2v) is 8.40. The molecular formula is C23H20BrN5OS. The van der Waals surface area contributed by atoms with Gasteiger partial charge in [0.15, 0.2) is 5.11 Å². The van der Waals surface area contributed by atoms with Crippen LogP contribution in [0.1, 0.15) is 28.4 Å². The van der Waals surface area contributed by atoms with Gasteiger partial charge in [0, 0.05) is 15.7 Å². The minimum atomic E-state index is -0.273. The van der Waals surface area contributed by atoms with Crippen molar-refractivity contribution < 1.29 is 4.79 Å². The molecule has 1 heterocycles. The van der Waals surface area contributed by atoms with Crippen molar-refractivity contribution in [3.8, 4) is 5.69 Å². The van der Waals surface area contributed by atoms with Crippen LogP contribution in [0.4, 0.5) is 5.69 Å². The van der Waals surface area contributed by atoms with Crippen molar-refractivity contribution in [2.75, 3.05) is 5.32 Å². The molecule has 0 fully saturated rings. The first-order valence-electron chi connectivity index (χ1n) is 9.78. The molecule has 6 nitrogen and oxygen atoms in total. The molecule has 3 aromatic carbocycles. The zero-order valence-electron chi connectivity index (χ0n) is 17.0. The number of carbonyl (C=O) groups excluding carboxylic acids is 1. The highest BCUT2D eigenvalue weighted by Gasteiger charge is 2.12. The smallest absolute Gasteiger partial charge is 0.257 e. The molecular weight excluding hydrogens is 474 g/mol. The zero-order chi connectivity index (χ0) is 22.0. The Morgan fingerprint density at radius 1 is 1.03 bits per heavy atom. The van der Waals surface area contributed by atoms with Gasteiger partial charge in [0.05, 0.1) is 5.69 Å². The molecule has 0 spiro atoms. The molecule has 0 aliphatic carbocycles. The third-order valence-corrected chi connectivity index (χ3v) is 5.62. The van der Waals surface area contributed by atoms with Crippen LogP contribution in [0.15, 0.2) is 65.1 Å². The van der Waals surface area contributed by atoms with Crippen LogP contribution < -0.4 is 10.6 Å². The zero-order valence-corrected chi connectivity index (χ0v) is 19.4. The van der Waals surface area contributed by atoms with E-state index in [1.807, 2.05) is 43.3 Å². The lowest BCUT2D eigenvalue weighted by Crippen LogP contribution is -2.34. The SMILES string of the molecule is CCc1ccc(-n2nc3cc(C)c(NC(=S)NC(=O)c4ccc(Br)cc4)cc3n2)cc1. The first-order chi connectivity index (χ1) is 14.9. The number of benzene rings is 3. The van der Waals surface area contributed by atoms with Crippen LogP contribution in [0.25, 0.3) is 16.7 Å². The molecule has 8 heteroatoms. The van der Waals surface area contributed by atoms with Gasteiger partial charge in [0.25, 0.3) is 5.91 Å². The van der Waals surface area contributed by atoms with Crippen LogP contribution in [0, 0.1) is 6.92 Å². The van der Waals surface area contributed by atoms with E-state index in [1.54, 1.807) is 16.9 Å². The van der Waals surface area contributed by atoms with E-state index in [2.05, 4.69) is 55.8 Å². The molecule has 31 heavy (non-hydrogen) atoms. The number of thiocarbonyl (C=S) groups is 1. The molecule has 0 saturated carbocycles. The standard InChI is InChI=1S/C23H20BrN5OS/c1-3-15-4-10-18(11-5-15)29-27-20-12-14(2)19(13-21(20)28-29)25-23(31)26-22(30)16-6-8-17(24)9-7-16/h4-13H,3H2,1-2H3,(H2,25,26,30,31). The largest absolute Gasteiger partial charge is 0.332 e. The Kier molecular flexibility index (Phi) is 6.11. The van der Waals surface area contributed by atoms with Crippen molar-refractivity contribution in [1.29, 1.82) is 0 Å². The molecule has 1 amide bonds. The van der Waals surface area contributed by atoms with Gasteiger partial charge in [-0.3, -0.25) is 10.1 Å². The van der Waals surface area contributed by atoms with Crippen molar-refractivity contribution in [2.45, 2.75) is 20.3 Å². The number of rotatable bonds is 4. The van der Waals surface area contributed by atoms with Gasteiger partial charge in [-0.2, -0.15) is 4.80 Å². The van der Waals surface area contributed by atoms with E-state index in [0.29, 0.717) is 5.56 Å². The van der Waals surface area contributed by atoms with Gasteiger partial charge >= 0.3 is 0 Å². The molecule has 0 unspecified atom stereocenters. The van der Waals surface area contributed by atoms with Crippen LogP contribution in [-0.2, 0) is 6.42 Å². The maximum absolute atomic E-state index is 12.4. The Bertz CT molecular complexity index is 1270. The first kappa shape index (κ1) is 21.1. The molecule has 0 saturated heterocycles. The van der Waals surface area contributed by atoms with Crippen molar-refractivity contribution in [1.82, 2.24) is 20.3 Å². The average Bonchev–Trinajstić information content (AvgIpc) is 3.17. The number of halogens is 1. The fourth-order valence-corrected chi connectivity index (χ4v) is 3.58. The van der Waals surface area contributed by atoms with E-state index in [1.165, 1.54) is 5.56 Å². The molecule has 4 aromatic rings. The number of aromatic nitrogens is 3. The number of hydrogen-bond acceptors (Lipinski definition) is 4. The van der Waals surface area contributed by atoms with E-state index in [9.17, 15) is 4.79 Å². The van der Waals surface area contributed by atoms with Gasteiger partial charge in [-0.15, -0.1) is 10.2 Å². The third kappa shape index (κ3) is 4.81. The Labute approximate surface area is 193 Å². The normalized spacial score (nSPS) is 10.8. The van der Waals surface area contributed by atoms with Crippen molar-refractivity contribution in [3.05, 3.63) is 81.8 Å². The molecule has 1 aromatic heterocycles. The number of nitrogens with one attached hydrogen (secondary N) is 2. The number of amides is 1. The summed E-state index contributed by atoms with van der Waals surface area (Å²) < 4.78 is 0.906. The van der Waals surface area contributed by atoms with Gasteiger partial charge < -0.3 is 5.32 Å². The topological polar surface area (TPSA) is 71.8 Å². The predicted octanol–water partition coefficient (Wildman–Crippen LogP) is 5.18. The highest BCUT2D eigenvalue weighted by Crippen LogP contribution is 2.22. The minimum Gasteiger partial charge on any atom is -0.332 e. The molecule has 4 rings (SSSR count). The first-order valence-corrected chi connectivity index (χ1v) is 11.0. The fraction of sp³-hybridized carbons (Fsp3) is 0.130. The fourth-order valence-electron chi connectivity index (χ4n) is 3.11. The van der Waals surface area contributed by atoms with Crippen LogP contribution in [0.5, 0.6) is 0 Å². The maximum atomic E-state index is 12.4. The van der Waals surface area contributed by atoms with Crippen molar-refractivity contribution >= 4 is 55.9 Å². The van der Waals surface area contributed by atoms with Crippen molar-refractivity contribution in [2.24, 2.45) is 0 Å². The lowest BCUT2D eigenvalue weighted by atomic mass is 10.2. The van der Waals surface area contributed by atoms with Crippen LogP contribution in [-0.4, -0.2) is 26.0 Å². The van der Waals surface area contributed by atoms with E-state index >= 15 is 0 Å². The van der Waals surface area contributed by atoms with E-state index in [4.69, 9.17) is 12.2 Å². The average molecular weight is 494 g/mol. The third-order valence-electron chi connectivity index (χ3n) is 4.88. The van der Waals surface area contributed by atoms with Gasteiger partial charge in [0.1, 0.15) is 11.0 Å². The number of nitrogens with zero attached hydrogens (tertiary/aromatic N) is 3. The summed E-state index contributed by atoms with van der Waals surface area (Å²) in [4.78, 5) is 14.0. The number of hydrogen-bond donors (Lipinski definition) is 2. The van der Waals surface area contributed by atoms with Crippen LogP contribution >= 0.6 is 28.1 Å².